The molecular formula is C13H20N2. The molecule has 1 fully saturated rings. The lowest BCUT2D eigenvalue weighted by Gasteiger charge is -2.46. The average molecular weight is 204 g/mol. The molecule has 0 amide bonds. The van der Waals surface area contributed by atoms with Crippen molar-refractivity contribution in [3.63, 3.8) is 0 Å². The summed E-state index contributed by atoms with van der Waals surface area (Å²) in [6.07, 6.45) is 0. The van der Waals surface area contributed by atoms with E-state index in [2.05, 4.69) is 43.0 Å². The van der Waals surface area contributed by atoms with Crippen molar-refractivity contribution in [2.45, 2.75) is 19.9 Å². The smallest absolute Gasteiger partial charge is 0.0424 e. The van der Waals surface area contributed by atoms with E-state index in [1.807, 2.05) is 6.07 Å². The molecule has 0 spiro atoms. The van der Waals surface area contributed by atoms with Crippen molar-refractivity contribution in [1.29, 1.82) is 0 Å². The molecule has 1 unspecified atom stereocenters. The Bertz CT molecular complexity index is 311. The molecule has 82 valence electrons. The van der Waals surface area contributed by atoms with Crippen LogP contribution in [0.2, 0.25) is 0 Å². The third-order valence-electron chi connectivity index (χ3n) is 2.99. The van der Waals surface area contributed by atoms with E-state index in [-0.39, 0.29) is 6.04 Å². The Labute approximate surface area is 92.1 Å². The second-order valence-corrected chi connectivity index (χ2v) is 5.35. The van der Waals surface area contributed by atoms with E-state index in [0.29, 0.717) is 5.41 Å². The Balaban J connectivity index is 1.86. The van der Waals surface area contributed by atoms with Crippen LogP contribution in [0.1, 0.15) is 25.5 Å². The highest BCUT2D eigenvalue weighted by Crippen LogP contribution is 2.29. The summed E-state index contributed by atoms with van der Waals surface area (Å²) in [6.45, 7) is 7.93. The number of benzene rings is 1. The number of nitrogens with two attached hydrogens (primary N) is 1. The molecule has 1 heterocycles. The van der Waals surface area contributed by atoms with E-state index in [0.717, 1.165) is 6.54 Å². The largest absolute Gasteiger partial charge is 0.323 e. The van der Waals surface area contributed by atoms with E-state index in [9.17, 15) is 0 Å². The van der Waals surface area contributed by atoms with Gasteiger partial charge in [0.1, 0.15) is 0 Å². The SMILES string of the molecule is CC1(C)CN(CC(N)c2ccccc2)C1. The minimum atomic E-state index is 0.155. The van der Waals surface area contributed by atoms with Crippen LogP contribution in [0.3, 0.4) is 0 Å². The van der Waals surface area contributed by atoms with Gasteiger partial charge in [0.25, 0.3) is 0 Å². The van der Waals surface area contributed by atoms with Gasteiger partial charge in [-0.1, -0.05) is 44.2 Å². The fraction of sp³-hybridized carbons (Fsp3) is 0.538. The molecule has 2 nitrogen and oxygen atoms in total. The lowest BCUT2D eigenvalue weighted by atomic mass is 9.84. The molecule has 1 atom stereocenters. The normalized spacial score (nSPS) is 22.1. The molecule has 2 rings (SSSR count). The highest BCUT2D eigenvalue weighted by atomic mass is 15.2. The molecule has 15 heavy (non-hydrogen) atoms. The highest BCUT2D eigenvalue weighted by Gasteiger charge is 2.34. The van der Waals surface area contributed by atoms with E-state index in [4.69, 9.17) is 5.73 Å². The molecule has 0 aromatic heterocycles. The van der Waals surface area contributed by atoms with Gasteiger partial charge in [-0.2, -0.15) is 0 Å². The van der Waals surface area contributed by atoms with Crippen LogP contribution in [0.25, 0.3) is 0 Å². The van der Waals surface area contributed by atoms with Gasteiger partial charge in [0.05, 0.1) is 0 Å². The van der Waals surface area contributed by atoms with Crippen molar-refractivity contribution in [2.75, 3.05) is 19.6 Å². The highest BCUT2D eigenvalue weighted by molar-refractivity contribution is 5.18. The van der Waals surface area contributed by atoms with E-state index < -0.39 is 0 Å². The maximum Gasteiger partial charge on any atom is 0.0424 e. The first-order chi connectivity index (χ1) is 7.07. The molecule has 0 saturated carbocycles. The zero-order valence-electron chi connectivity index (χ0n) is 9.61. The van der Waals surface area contributed by atoms with Crippen molar-refractivity contribution in [2.24, 2.45) is 11.1 Å². The first-order valence-corrected chi connectivity index (χ1v) is 5.60. The lowest BCUT2D eigenvalue weighted by molar-refractivity contribution is 0.0264. The molecule has 0 bridgehead atoms. The number of nitrogens with zero attached hydrogens (tertiary/aromatic N) is 1. The van der Waals surface area contributed by atoms with E-state index >= 15 is 0 Å². The maximum absolute atomic E-state index is 6.15. The van der Waals surface area contributed by atoms with Gasteiger partial charge >= 0.3 is 0 Å². The molecule has 1 aliphatic rings. The monoisotopic (exact) mass is 204 g/mol. The van der Waals surface area contributed by atoms with Crippen molar-refractivity contribution in [3.8, 4) is 0 Å². The Morgan fingerprint density at radius 2 is 1.87 bits per heavy atom. The number of rotatable bonds is 3. The predicted octanol–water partition coefficient (Wildman–Crippen LogP) is 2.03. The second-order valence-electron chi connectivity index (χ2n) is 5.35. The minimum Gasteiger partial charge on any atom is -0.323 e. The second kappa shape index (κ2) is 3.95. The van der Waals surface area contributed by atoms with Gasteiger partial charge in [-0.3, -0.25) is 0 Å². The summed E-state index contributed by atoms with van der Waals surface area (Å²) in [5.41, 5.74) is 7.89. The summed E-state index contributed by atoms with van der Waals surface area (Å²) in [5.74, 6) is 0. The first-order valence-electron chi connectivity index (χ1n) is 5.60. The van der Waals surface area contributed by atoms with Gasteiger partial charge in [0.15, 0.2) is 0 Å². The van der Waals surface area contributed by atoms with Crippen LogP contribution in [-0.4, -0.2) is 24.5 Å². The van der Waals surface area contributed by atoms with E-state index in [1.165, 1.54) is 18.7 Å². The quantitative estimate of drug-likeness (QED) is 0.816. The summed E-state index contributed by atoms with van der Waals surface area (Å²) in [7, 11) is 0. The molecule has 2 heteroatoms. The van der Waals surface area contributed by atoms with Crippen LogP contribution < -0.4 is 5.73 Å². The molecule has 2 N–H and O–H groups in total. The third-order valence-corrected chi connectivity index (χ3v) is 2.99. The van der Waals surface area contributed by atoms with Crippen LogP contribution in [0.15, 0.2) is 30.3 Å². The Hall–Kier alpha value is -0.860. The Kier molecular flexibility index (Phi) is 2.81. The number of hydrogen-bond acceptors (Lipinski definition) is 2. The molecule has 1 aromatic rings. The average Bonchev–Trinajstić information content (AvgIpc) is 2.16. The molecule has 1 aromatic carbocycles. The first kappa shape index (κ1) is 10.7. The van der Waals surface area contributed by atoms with Crippen molar-refractivity contribution >= 4 is 0 Å². The van der Waals surface area contributed by atoms with Crippen LogP contribution in [-0.2, 0) is 0 Å². The van der Waals surface area contributed by atoms with Gasteiger partial charge in [-0.15, -0.1) is 0 Å². The molecule has 0 aliphatic carbocycles. The van der Waals surface area contributed by atoms with Crippen molar-refractivity contribution < 1.29 is 0 Å². The fourth-order valence-electron chi connectivity index (χ4n) is 2.38. The summed E-state index contributed by atoms with van der Waals surface area (Å²) in [4.78, 5) is 2.43. The van der Waals surface area contributed by atoms with Gasteiger partial charge in [0, 0.05) is 25.7 Å². The summed E-state index contributed by atoms with van der Waals surface area (Å²) in [6, 6.07) is 10.5. The number of hydrogen-bond donors (Lipinski definition) is 1. The van der Waals surface area contributed by atoms with Gasteiger partial charge in [0.2, 0.25) is 0 Å². The molecular weight excluding hydrogens is 184 g/mol. The topological polar surface area (TPSA) is 29.3 Å². The maximum atomic E-state index is 6.15. The number of likely N-dealkylation sites (tertiary alicyclic amines) is 1. The third kappa shape index (κ3) is 2.58. The molecule has 1 saturated heterocycles. The molecule has 0 radical (unpaired) electrons. The standard InChI is InChI=1S/C13H20N2/c1-13(2)9-15(10-13)8-12(14)11-6-4-3-5-7-11/h3-7,12H,8-10,14H2,1-2H3. The summed E-state index contributed by atoms with van der Waals surface area (Å²) >= 11 is 0. The van der Waals surface area contributed by atoms with Crippen LogP contribution in [0.5, 0.6) is 0 Å². The van der Waals surface area contributed by atoms with E-state index in [1.54, 1.807) is 0 Å². The Morgan fingerprint density at radius 3 is 2.40 bits per heavy atom. The van der Waals surface area contributed by atoms with Crippen LogP contribution in [0.4, 0.5) is 0 Å². The minimum absolute atomic E-state index is 0.155. The zero-order chi connectivity index (χ0) is 10.9. The lowest BCUT2D eigenvalue weighted by Crippen LogP contribution is -2.54. The van der Waals surface area contributed by atoms with Crippen molar-refractivity contribution in [3.05, 3.63) is 35.9 Å². The zero-order valence-corrected chi connectivity index (χ0v) is 9.61. The predicted molar refractivity (Wildman–Crippen MR) is 63.6 cm³/mol. The fourth-order valence-corrected chi connectivity index (χ4v) is 2.38. The van der Waals surface area contributed by atoms with Crippen molar-refractivity contribution in [1.82, 2.24) is 4.90 Å². The van der Waals surface area contributed by atoms with Crippen LogP contribution >= 0.6 is 0 Å². The van der Waals surface area contributed by atoms with Gasteiger partial charge in [-0.05, 0) is 11.0 Å². The van der Waals surface area contributed by atoms with Gasteiger partial charge < -0.3 is 10.6 Å². The molecule has 1 aliphatic heterocycles. The van der Waals surface area contributed by atoms with Crippen LogP contribution in [0, 0.1) is 5.41 Å². The van der Waals surface area contributed by atoms with Gasteiger partial charge in [-0.25, -0.2) is 0 Å². The Morgan fingerprint density at radius 1 is 1.27 bits per heavy atom. The summed E-state index contributed by atoms with van der Waals surface area (Å²) < 4.78 is 0. The summed E-state index contributed by atoms with van der Waals surface area (Å²) in [5, 5.41) is 0.